The van der Waals surface area contributed by atoms with E-state index in [1.54, 1.807) is 7.11 Å². The smallest absolute Gasteiger partial charge is 0.122 e. The first-order valence-electron chi connectivity index (χ1n) is 8.35. The van der Waals surface area contributed by atoms with Crippen LogP contribution in [0.2, 0.25) is 0 Å². The molecule has 0 radical (unpaired) electrons. The summed E-state index contributed by atoms with van der Waals surface area (Å²) in [6, 6.07) is 8.42. The van der Waals surface area contributed by atoms with Crippen molar-refractivity contribution in [2.45, 2.75) is 32.7 Å². The summed E-state index contributed by atoms with van der Waals surface area (Å²) in [5, 5.41) is 0. The lowest BCUT2D eigenvalue weighted by molar-refractivity contribution is 0.101. The Kier molecular flexibility index (Phi) is 6.52. The SMILES string of the molecule is COc1cccc(OCC(CN)C2CCN(C(C)C)CC2)c1. The zero-order valence-electron chi connectivity index (χ0n) is 14.1. The molecule has 1 heterocycles. The van der Waals surface area contributed by atoms with Gasteiger partial charge in [-0.05, 0) is 64.4 Å². The second-order valence-corrected chi connectivity index (χ2v) is 6.45. The topological polar surface area (TPSA) is 47.7 Å². The Bertz CT molecular complexity index is 442. The van der Waals surface area contributed by atoms with E-state index in [4.69, 9.17) is 15.2 Å². The van der Waals surface area contributed by atoms with Crippen molar-refractivity contribution in [2.75, 3.05) is 33.4 Å². The van der Waals surface area contributed by atoms with Crippen molar-refractivity contribution < 1.29 is 9.47 Å². The van der Waals surface area contributed by atoms with Gasteiger partial charge in [-0.1, -0.05) is 6.07 Å². The van der Waals surface area contributed by atoms with Crippen LogP contribution >= 0.6 is 0 Å². The van der Waals surface area contributed by atoms with Crippen LogP contribution in [0.15, 0.2) is 24.3 Å². The van der Waals surface area contributed by atoms with Crippen LogP contribution in [0.1, 0.15) is 26.7 Å². The van der Waals surface area contributed by atoms with Crippen molar-refractivity contribution in [3.8, 4) is 11.5 Å². The molecule has 4 heteroatoms. The molecule has 22 heavy (non-hydrogen) atoms. The third kappa shape index (κ3) is 4.62. The van der Waals surface area contributed by atoms with Gasteiger partial charge < -0.3 is 20.1 Å². The molecule has 1 unspecified atom stereocenters. The molecule has 1 saturated heterocycles. The molecular weight excluding hydrogens is 276 g/mol. The molecule has 1 fully saturated rings. The van der Waals surface area contributed by atoms with E-state index in [1.165, 1.54) is 25.9 Å². The fourth-order valence-corrected chi connectivity index (χ4v) is 3.20. The summed E-state index contributed by atoms with van der Waals surface area (Å²) in [6.07, 6.45) is 2.45. The largest absolute Gasteiger partial charge is 0.497 e. The maximum absolute atomic E-state index is 6.00. The van der Waals surface area contributed by atoms with E-state index in [0.29, 0.717) is 31.0 Å². The van der Waals surface area contributed by atoms with Crippen LogP contribution in [-0.2, 0) is 0 Å². The van der Waals surface area contributed by atoms with Gasteiger partial charge in [0.15, 0.2) is 0 Å². The second kappa shape index (κ2) is 8.39. The average molecular weight is 306 g/mol. The first kappa shape index (κ1) is 17.1. The highest BCUT2D eigenvalue weighted by molar-refractivity contribution is 5.32. The van der Waals surface area contributed by atoms with Crippen molar-refractivity contribution in [1.82, 2.24) is 4.90 Å². The van der Waals surface area contributed by atoms with E-state index in [9.17, 15) is 0 Å². The van der Waals surface area contributed by atoms with Crippen LogP contribution in [0, 0.1) is 11.8 Å². The summed E-state index contributed by atoms with van der Waals surface area (Å²) in [7, 11) is 1.67. The van der Waals surface area contributed by atoms with Crippen LogP contribution in [0.5, 0.6) is 11.5 Å². The first-order chi connectivity index (χ1) is 10.6. The molecule has 0 spiro atoms. The molecule has 2 N–H and O–H groups in total. The van der Waals surface area contributed by atoms with E-state index in [-0.39, 0.29) is 0 Å². The van der Waals surface area contributed by atoms with Gasteiger partial charge in [0.2, 0.25) is 0 Å². The number of benzene rings is 1. The summed E-state index contributed by atoms with van der Waals surface area (Å²) in [6.45, 7) is 8.28. The van der Waals surface area contributed by atoms with Gasteiger partial charge in [-0.2, -0.15) is 0 Å². The lowest BCUT2D eigenvalue weighted by Gasteiger charge is -2.37. The third-order valence-electron chi connectivity index (χ3n) is 4.78. The van der Waals surface area contributed by atoms with Crippen LogP contribution in [0.4, 0.5) is 0 Å². The van der Waals surface area contributed by atoms with E-state index in [0.717, 1.165) is 11.5 Å². The van der Waals surface area contributed by atoms with Crippen LogP contribution < -0.4 is 15.2 Å². The average Bonchev–Trinajstić information content (AvgIpc) is 2.56. The minimum atomic E-state index is 0.431. The standard InChI is InChI=1S/C18H30N2O2/c1-14(2)20-9-7-15(8-10-20)16(12-19)13-22-18-6-4-5-17(11-18)21-3/h4-6,11,14-16H,7-10,12-13,19H2,1-3H3. The predicted octanol–water partition coefficient (Wildman–Crippen LogP) is 2.77. The highest BCUT2D eigenvalue weighted by atomic mass is 16.5. The lowest BCUT2D eigenvalue weighted by Crippen LogP contribution is -2.42. The predicted molar refractivity (Wildman–Crippen MR) is 90.5 cm³/mol. The Morgan fingerprint density at radius 3 is 2.50 bits per heavy atom. The van der Waals surface area contributed by atoms with Crippen LogP contribution in [0.3, 0.4) is 0 Å². The number of nitrogens with two attached hydrogens (primary N) is 1. The van der Waals surface area contributed by atoms with Crippen molar-refractivity contribution in [2.24, 2.45) is 17.6 Å². The highest BCUT2D eigenvalue weighted by Gasteiger charge is 2.27. The molecule has 124 valence electrons. The van der Waals surface area contributed by atoms with Gasteiger partial charge in [-0.15, -0.1) is 0 Å². The third-order valence-corrected chi connectivity index (χ3v) is 4.78. The van der Waals surface area contributed by atoms with E-state index in [1.807, 2.05) is 24.3 Å². The quantitative estimate of drug-likeness (QED) is 0.841. The molecule has 1 aliphatic heterocycles. The van der Waals surface area contributed by atoms with Gasteiger partial charge >= 0.3 is 0 Å². The number of rotatable bonds is 7. The van der Waals surface area contributed by atoms with Gasteiger partial charge in [0.25, 0.3) is 0 Å². The molecule has 0 aromatic heterocycles. The molecular formula is C18H30N2O2. The molecule has 0 saturated carbocycles. The lowest BCUT2D eigenvalue weighted by atomic mass is 9.84. The van der Waals surface area contributed by atoms with E-state index in [2.05, 4.69) is 18.7 Å². The Labute approximate surface area is 134 Å². The summed E-state index contributed by atoms with van der Waals surface area (Å²) in [5.74, 6) is 2.79. The summed E-state index contributed by atoms with van der Waals surface area (Å²) < 4.78 is 11.2. The zero-order chi connectivity index (χ0) is 15.9. The Hall–Kier alpha value is -1.26. The van der Waals surface area contributed by atoms with E-state index >= 15 is 0 Å². The number of hydrogen-bond acceptors (Lipinski definition) is 4. The monoisotopic (exact) mass is 306 g/mol. The Morgan fingerprint density at radius 1 is 1.23 bits per heavy atom. The molecule has 0 bridgehead atoms. The number of piperidine rings is 1. The van der Waals surface area contributed by atoms with Gasteiger partial charge in [0.05, 0.1) is 13.7 Å². The summed E-state index contributed by atoms with van der Waals surface area (Å²) >= 11 is 0. The van der Waals surface area contributed by atoms with Crippen LogP contribution in [0.25, 0.3) is 0 Å². The number of hydrogen-bond donors (Lipinski definition) is 1. The number of nitrogens with zero attached hydrogens (tertiary/aromatic N) is 1. The molecule has 4 nitrogen and oxygen atoms in total. The van der Waals surface area contributed by atoms with E-state index < -0.39 is 0 Å². The second-order valence-electron chi connectivity index (χ2n) is 6.45. The van der Waals surface area contributed by atoms with Crippen molar-refractivity contribution >= 4 is 0 Å². The summed E-state index contributed by atoms with van der Waals surface area (Å²) in [5.41, 5.74) is 6.00. The van der Waals surface area contributed by atoms with Crippen molar-refractivity contribution in [3.05, 3.63) is 24.3 Å². The van der Waals surface area contributed by atoms with Crippen molar-refractivity contribution in [1.29, 1.82) is 0 Å². The molecule has 1 aliphatic rings. The molecule has 0 amide bonds. The number of likely N-dealkylation sites (tertiary alicyclic amines) is 1. The van der Waals surface area contributed by atoms with Gasteiger partial charge in [0.1, 0.15) is 11.5 Å². The Morgan fingerprint density at radius 2 is 1.91 bits per heavy atom. The van der Waals surface area contributed by atoms with Gasteiger partial charge in [-0.25, -0.2) is 0 Å². The number of ether oxygens (including phenoxy) is 2. The minimum absolute atomic E-state index is 0.431. The molecule has 0 aliphatic carbocycles. The minimum Gasteiger partial charge on any atom is -0.497 e. The molecule has 1 aromatic carbocycles. The normalized spacial score (nSPS) is 18.4. The molecule has 2 rings (SSSR count). The fourth-order valence-electron chi connectivity index (χ4n) is 3.20. The summed E-state index contributed by atoms with van der Waals surface area (Å²) in [4.78, 5) is 2.55. The molecule has 1 atom stereocenters. The van der Waals surface area contributed by atoms with Gasteiger partial charge in [-0.3, -0.25) is 0 Å². The Balaban J connectivity index is 1.84. The number of methoxy groups -OCH3 is 1. The van der Waals surface area contributed by atoms with Crippen LogP contribution in [-0.4, -0.2) is 44.3 Å². The fraction of sp³-hybridized carbons (Fsp3) is 0.667. The first-order valence-corrected chi connectivity index (χ1v) is 8.35. The highest BCUT2D eigenvalue weighted by Crippen LogP contribution is 2.27. The molecule has 1 aromatic rings. The maximum Gasteiger partial charge on any atom is 0.122 e. The van der Waals surface area contributed by atoms with Gasteiger partial charge in [0, 0.05) is 18.0 Å². The zero-order valence-corrected chi connectivity index (χ0v) is 14.1. The van der Waals surface area contributed by atoms with Crippen molar-refractivity contribution in [3.63, 3.8) is 0 Å². The maximum atomic E-state index is 6.00.